The molecule has 14 fully saturated rings. The quantitative estimate of drug-likeness (QED) is 0.120. The molecular weight excluding hydrogens is 943 g/mol. The van der Waals surface area contributed by atoms with Crippen molar-refractivity contribution in [1.29, 1.82) is 0 Å². The molecule has 2 saturated heterocycles. The Morgan fingerprint density at radius 2 is 0.716 bits per heavy atom. The van der Waals surface area contributed by atoms with E-state index in [2.05, 4.69) is 21.3 Å². The molecule has 0 radical (unpaired) electrons. The fourth-order valence-corrected chi connectivity index (χ4v) is 17.3. The lowest BCUT2D eigenvalue weighted by Crippen LogP contribution is -2.49. The molecule has 15 nitrogen and oxygen atoms in total. The van der Waals surface area contributed by atoms with Gasteiger partial charge in [0.2, 0.25) is 0 Å². The number of methoxy groups -OCH3 is 2. The van der Waals surface area contributed by atoms with Gasteiger partial charge < -0.3 is 24.9 Å². The highest BCUT2D eigenvalue weighted by molar-refractivity contribution is 6.02. The summed E-state index contributed by atoms with van der Waals surface area (Å²) in [5.74, 6) is 7.25. The van der Waals surface area contributed by atoms with Crippen molar-refractivity contribution < 1.29 is 57.5 Å². The van der Waals surface area contributed by atoms with Crippen LogP contribution in [-0.2, 0) is 57.5 Å². The van der Waals surface area contributed by atoms with Crippen LogP contribution >= 0.6 is 0 Å². The number of carbonyl (C=O) groups is 8. The minimum absolute atomic E-state index is 0.0214. The van der Waals surface area contributed by atoms with Crippen molar-refractivity contribution in [2.24, 2.45) is 75.2 Å². The summed E-state index contributed by atoms with van der Waals surface area (Å²) in [4.78, 5) is 98.5. The summed E-state index contributed by atoms with van der Waals surface area (Å²) in [7, 11) is 3.12. The van der Waals surface area contributed by atoms with Crippen molar-refractivity contribution in [3.8, 4) is 0 Å². The number of Topliss-reactive ketones (excluding diaryl/α,β-unsaturated/α-hetero) is 2. The first-order valence-electron chi connectivity index (χ1n) is 29.3. The van der Waals surface area contributed by atoms with Gasteiger partial charge in [-0.3, -0.25) is 28.8 Å². The fraction of sp³-hybridized carbons (Fsp3) is 0.864. The summed E-state index contributed by atoms with van der Waals surface area (Å²) < 4.78 is 9.63. The van der Waals surface area contributed by atoms with Crippen molar-refractivity contribution >= 4 is 47.1 Å². The standard InChI is InChI=1S/C16H26O2.C16H26O.C11H19N.C8H11NO5.C8H11NO4/c1-18-5-3-15(17)2-4-16-9-12-6-13(10-16)8-14(7-12)11-16;1-2-3-15(17)4-5-16-9-12-6-13(10-16)8-14(7-12)11-16;12-7-11-4-8-1-9(5-11)3-10(2-8)6-11;1-13-5-4-8(12)14-9-6(10)2-3-7(9)11;1-2-3-8(12)13-9-6(10)4-5-7(9)11/h12-14H,2-11H2,1H3;12-14H,2-11H2,1H3;8-10H,1-7,12H2;2-5H2,1H3;2-5H2,1H3. The molecule has 2 heterocycles. The van der Waals surface area contributed by atoms with Gasteiger partial charge in [0.05, 0.1) is 19.6 Å². The molecule has 4 amide bonds. The van der Waals surface area contributed by atoms with Crippen LogP contribution in [-0.4, -0.2) is 91.2 Å². The van der Waals surface area contributed by atoms with Gasteiger partial charge in [0, 0.05) is 72.0 Å². The number of imide groups is 2. The van der Waals surface area contributed by atoms with Gasteiger partial charge in [-0.05, 0) is 217 Å². The van der Waals surface area contributed by atoms with Crippen LogP contribution in [0.3, 0.4) is 0 Å². The third kappa shape index (κ3) is 15.8. The van der Waals surface area contributed by atoms with Crippen LogP contribution in [0.15, 0.2) is 0 Å². The predicted octanol–water partition coefficient (Wildman–Crippen LogP) is 10.1. The molecule has 0 aromatic heterocycles. The van der Waals surface area contributed by atoms with Crippen LogP contribution in [0.2, 0.25) is 0 Å². The van der Waals surface area contributed by atoms with Gasteiger partial charge in [-0.25, -0.2) is 9.59 Å². The maximum absolute atomic E-state index is 11.8. The molecule has 12 aliphatic carbocycles. The Hall–Kier alpha value is -3.56. The second-order valence-electron chi connectivity index (χ2n) is 25.6. The molecule has 416 valence electrons. The first-order chi connectivity index (χ1) is 35.5. The maximum Gasteiger partial charge on any atom is 0.335 e. The molecule has 0 atom stereocenters. The molecule has 0 aromatic carbocycles. The topological polar surface area (TPSA) is 206 Å². The van der Waals surface area contributed by atoms with Crippen molar-refractivity contribution in [2.45, 2.75) is 219 Å². The lowest BCUT2D eigenvalue weighted by atomic mass is 9.48. The summed E-state index contributed by atoms with van der Waals surface area (Å²) in [5.41, 5.74) is 7.72. The summed E-state index contributed by atoms with van der Waals surface area (Å²) in [5, 5.41) is 1.09. The van der Waals surface area contributed by atoms with Gasteiger partial charge in [0.1, 0.15) is 11.6 Å². The lowest BCUT2D eigenvalue weighted by Gasteiger charge is -2.57. The number of ether oxygens (including phenoxy) is 2. The third-order valence-electron chi connectivity index (χ3n) is 19.3. The van der Waals surface area contributed by atoms with Crippen LogP contribution < -0.4 is 5.73 Å². The SMILES string of the molecule is CCCC(=O)CCC12CC3CC(CC(C3)C1)C2.CCCC(=O)ON1C(=O)CCC1=O.COCCC(=O)CCC12CC3CC(CC(C3)C1)C2.COCCC(=O)ON1C(=O)CCC1=O.NCC12CC3CC(CC(C3)C1)C2. The Bertz CT molecular complexity index is 1840. The van der Waals surface area contributed by atoms with Crippen LogP contribution in [0.4, 0.5) is 0 Å². The van der Waals surface area contributed by atoms with Crippen molar-refractivity contribution in [3.05, 3.63) is 0 Å². The highest BCUT2D eigenvalue weighted by atomic mass is 16.7. The average molecular weight is 1040 g/mol. The molecule has 0 aromatic rings. The van der Waals surface area contributed by atoms with E-state index in [0.29, 0.717) is 57.4 Å². The molecule has 14 aliphatic rings. The Morgan fingerprint density at radius 3 is 1.01 bits per heavy atom. The van der Waals surface area contributed by atoms with Crippen LogP contribution in [0.25, 0.3) is 0 Å². The molecule has 2 aliphatic heterocycles. The largest absolute Gasteiger partial charge is 0.384 e. The van der Waals surface area contributed by atoms with Gasteiger partial charge in [-0.15, -0.1) is 10.1 Å². The number of hydrogen-bond donors (Lipinski definition) is 1. The number of hydroxylamine groups is 4. The number of hydrogen-bond acceptors (Lipinski definition) is 13. The smallest absolute Gasteiger partial charge is 0.335 e. The monoisotopic (exact) mass is 1040 g/mol. The fourth-order valence-electron chi connectivity index (χ4n) is 17.3. The maximum atomic E-state index is 11.8. The summed E-state index contributed by atoms with van der Waals surface area (Å²) in [6.07, 6.45) is 34.6. The van der Waals surface area contributed by atoms with E-state index < -0.39 is 35.6 Å². The van der Waals surface area contributed by atoms with Crippen molar-refractivity contribution in [2.75, 3.05) is 34.0 Å². The molecule has 0 unspecified atom stereocenters. The van der Waals surface area contributed by atoms with E-state index in [-0.39, 0.29) is 45.1 Å². The summed E-state index contributed by atoms with van der Waals surface area (Å²) in [6, 6.07) is 0. The van der Waals surface area contributed by atoms with Crippen molar-refractivity contribution in [1.82, 2.24) is 10.1 Å². The Balaban J connectivity index is 0.000000136. The van der Waals surface area contributed by atoms with E-state index in [9.17, 15) is 38.4 Å². The van der Waals surface area contributed by atoms with E-state index in [4.69, 9.17) is 10.5 Å². The molecule has 2 N–H and O–H groups in total. The van der Waals surface area contributed by atoms with Gasteiger partial charge in [-0.2, -0.15) is 0 Å². The second kappa shape index (κ2) is 26.7. The zero-order valence-electron chi connectivity index (χ0n) is 45.8. The number of rotatable bonds is 19. The Labute approximate surface area is 441 Å². The molecule has 0 spiro atoms. The Morgan fingerprint density at radius 1 is 0.432 bits per heavy atom. The number of amides is 4. The van der Waals surface area contributed by atoms with Crippen molar-refractivity contribution in [3.63, 3.8) is 0 Å². The van der Waals surface area contributed by atoms with E-state index in [1.54, 1.807) is 7.11 Å². The minimum atomic E-state index is -0.643. The third-order valence-corrected chi connectivity index (χ3v) is 19.3. The molecule has 12 saturated carbocycles. The number of nitrogens with zero attached hydrogens (tertiary/aromatic N) is 2. The number of nitrogens with two attached hydrogens (primary N) is 1. The van der Waals surface area contributed by atoms with E-state index in [1.165, 1.54) is 136 Å². The van der Waals surface area contributed by atoms with Gasteiger partial charge in [-0.1, -0.05) is 13.8 Å². The average Bonchev–Trinajstić information content (AvgIpc) is 3.84. The predicted molar refractivity (Wildman–Crippen MR) is 277 cm³/mol. The molecular formula is C59H93N3O12. The van der Waals surface area contributed by atoms with Crippen LogP contribution in [0.5, 0.6) is 0 Å². The number of carbonyl (C=O) groups excluding carboxylic acids is 8. The normalized spacial score (nSPS) is 35.0. The van der Waals surface area contributed by atoms with Crippen LogP contribution in [0, 0.1) is 69.5 Å². The van der Waals surface area contributed by atoms with E-state index >= 15 is 0 Å². The zero-order valence-corrected chi connectivity index (χ0v) is 45.8. The zero-order chi connectivity index (χ0) is 53.0. The van der Waals surface area contributed by atoms with Gasteiger partial charge in [0.25, 0.3) is 23.6 Å². The summed E-state index contributed by atoms with van der Waals surface area (Å²) >= 11 is 0. The lowest BCUT2D eigenvalue weighted by molar-refractivity contribution is -0.198. The second-order valence-corrected chi connectivity index (χ2v) is 25.6. The Kier molecular flexibility index (Phi) is 20.9. The first-order valence-corrected chi connectivity index (χ1v) is 29.3. The summed E-state index contributed by atoms with van der Waals surface area (Å²) in [6.45, 7) is 5.70. The van der Waals surface area contributed by atoms with Gasteiger partial charge in [0.15, 0.2) is 0 Å². The van der Waals surface area contributed by atoms with Crippen LogP contribution in [0.1, 0.15) is 219 Å². The molecule has 74 heavy (non-hydrogen) atoms. The number of ketones is 2. The molecule has 14 rings (SSSR count). The molecule has 12 bridgehead atoms. The van der Waals surface area contributed by atoms with E-state index in [1.807, 2.05) is 6.92 Å². The first kappa shape index (κ1) is 58.1. The highest BCUT2D eigenvalue weighted by Crippen LogP contribution is 2.63. The van der Waals surface area contributed by atoms with Gasteiger partial charge >= 0.3 is 11.9 Å². The van der Waals surface area contributed by atoms with E-state index in [0.717, 1.165) is 85.5 Å². The molecule has 15 heteroatoms. The highest BCUT2D eigenvalue weighted by Gasteiger charge is 2.52. The minimum Gasteiger partial charge on any atom is -0.384 e.